The average Bonchev–Trinajstić information content (AvgIpc) is 3.54. The fourth-order valence-electron chi connectivity index (χ4n) is 6.03. The quantitative estimate of drug-likeness (QED) is 0.0536. The molecule has 0 radical (unpaired) electrons. The van der Waals surface area contributed by atoms with Gasteiger partial charge in [-0.15, -0.1) is 0 Å². The van der Waals surface area contributed by atoms with Crippen molar-refractivity contribution in [3.8, 4) is 16.9 Å². The summed E-state index contributed by atoms with van der Waals surface area (Å²) in [4.78, 5) is 22.7. The number of hydrogen-bond donors (Lipinski definition) is 2. The maximum Gasteiger partial charge on any atom is 0.252 e. The summed E-state index contributed by atoms with van der Waals surface area (Å²) in [6.07, 6.45) is 0.109. The zero-order valence-corrected chi connectivity index (χ0v) is 27.3. The van der Waals surface area contributed by atoms with Crippen LogP contribution in [0.2, 0.25) is 0 Å². The van der Waals surface area contributed by atoms with Crippen molar-refractivity contribution in [1.82, 2.24) is 5.32 Å². The topological polar surface area (TPSA) is 129 Å². The molecule has 1 aliphatic rings. The molecule has 50 heavy (non-hydrogen) atoms. The molecule has 9 nitrogen and oxygen atoms in total. The minimum Gasteiger partial charge on any atom is -0.494 e. The van der Waals surface area contributed by atoms with Crippen LogP contribution in [0.4, 0.5) is 10.1 Å². The van der Waals surface area contributed by atoms with E-state index in [1.165, 1.54) is 12.1 Å². The standard InChI is InChI=1S/C40H36FN5O4/c41-34-12-6-8-28(26-34)22-23-43-39(48)40(27-33-11-4-5-13-36(33)45-46-42)37(31-16-14-30(15-17-31)29-9-2-1-3-10-29)50-38(44-40)32-18-20-35(21-19-32)49-25-7-24-47/h1-6,8-21,26,37,47H,7,22-25,27H2,(H,43,48)/t37-,40-/m1/s1. The number of aliphatic hydroxyl groups is 1. The van der Waals surface area contributed by atoms with Crippen LogP contribution in [0, 0.1) is 5.82 Å². The van der Waals surface area contributed by atoms with Gasteiger partial charge in [0.2, 0.25) is 5.90 Å². The third-order valence-corrected chi connectivity index (χ3v) is 8.54. The summed E-state index contributed by atoms with van der Waals surface area (Å²) in [6, 6.07) is 38.4. The molecule has 5 aromatic rings. The maximum atomic E-state index is 14.6. The van der Waals surface area contributed by atoms with Crippen molar-refractivity contribution in [3.63, 3.8) is 0 Å². The molecule has 0 saturated heterocycles. The van der Waals surface area contributed by atoms with E-state index < -0.39 is 11.6 Å². The van der Waals surface area contributed by atoms with E-state index >= 15 is 0 Å². The monoisotopic (exact) mass is 669 g/mol. The van der Waals surface area contributed by atoms with Gasteiger partial charge in [-0.05, 0) is 76.2 Å². The van der Waals surface area contributed by atoms with Crippen molar-refractivity contribution in [1.29, 1.82) is 0 Å². The Morgan fingerprint density at radius 3 is 2.38 bits per heavy atom. The van der Waals surface area contributed by atoms with Gasteiger partial charge < -0.3 is 19.9 Å². The molecule has 0 saturated carbocycles. The average molecular weight is 670 g/mol. The van der Waals surface area contributed by atoms with Gasteiger partial charge in [0.15, 0.2) is 11.6 Å². The Kier molecular flexibility index (Phi) is 10.8. The number of azide groups is 1. The Balaban J connectivity index is 1.41. The first-order valence-electron chi connectivity index (χ1n) is 16.4. The highest BCUT2D eigenvalue weighted by atomic mass is 19.1. The van der Waals surface area contributed by atoms with E-state index in [-0.39, 0.29) is 37.2 Å². The number of benzene rings is 5. The Hall–Kier alpha value is -5.96. The van der Waals surface area contributed by atoms with Gasteiger partial charge in [0, 0.05) is 42.2 Å². The van der Waals surface area contributed by atoms with Crippen LogP contribution in [0.5, 0.6) is 5.75 Å². The zero-order valence-electron chi connectivity index (χ0n) is 27.3. The van der Waals surface area contributed by atoms with Crippen LogP contribution in [-0.4, -0.2) is 42.2 Å². The van der Waals surface area contributed by atoms with E-state index in [1.807, 2.05) is 84.9 Å². The molecule has 2 atom stereocenters. The van der Waals surface area contributed by atoms with E-state index in [2.05, 4.69) is 15.3 Å². The normalized spacial score (nSPS) is 16.5. The zero-order chi connectivity index (χ0) is 34.8. The summed E-state index contributed by atoms with van der Waals surface area (Å²) < 4.78 is 26.3. The van der Waals surface area contributed by atoms with E-state index in [0.717, 1.165) is 22.3 Å². The van der Waals surface area contributed by atoms with Crippen LogP contribution in [-0.2, 0) is 22.4 Å². The molecule has 0 fully saturated rings. The van der Waals surface area contributed by atoms with E-state index in [4.69, 9.17) is 19.6 Å². The molecule has 2 N–H and O–H groups in total. The Morgan fingerprint density at radius 1 is 0.920 bits per heavy atom. The van der Waals surface area contributed by atoms with Crippen LogP contribution in [0.15, 0.2) is 138 Å². The van der Waals surface area contributed by atoms with Gasteiger partial charge in [0.1, 0.15) is 11.6 Å². The highest BCUT2D eigenvalue weighted by Gasteiger charge is 2.53. The molecule has 5 aromatic carbocycles. The SMILES string of the molecule is [N-]=[N+]=Nc1ccccc1C[C@@]1(C(=O)NCCc2cccc(F)c2)N=C(c2ccc(OCCCO)cc2)O[C@@H]1c1ccc(-c2ccccc2)cc1. The summed E-state index contributed by atoms with van der Waals surface area (Å²) in [5, 5.41) is 16.1. The van der Waals surface area contributed by atoms with E-state index in [0.29, 0.717) is 42.0 Å². The van der Waals surface area contributed by atoms with Gasteiger partial charge in [0.05, 0.1) is 6.61 Å². The first-order chi connectivity index (χ1) is 24.5. The molecule has 0 aliphatic carbocycles. The van der Waals surface area contributed by atoms with Crippen molar-refractivity contribution in [2.75, 3.05) is 19.8 Å². The highest BCUT2D eigenvalue weighted by molar-refractivity contribution is 6.01. The number of amides is 1. The molecular weight excluding hydrogens is 633 g/mol. The largest absolute Gasteiger partial charge is 0.494 e. The number of carbonyl (C=O) groups is 1. The molecule has 252 valence electrons. The second-order valence-electron chi connectivity index (χ2n) is 11.9. The van der Waals surface area contributed by atoms with E-state index in [1.54, 1.807) is 30.3 Å². The predicted molar refractivity (Wildman–Crippen MR) is 191 cm³/mol. The summed E-state index contributed by atoms with van der Waals surface area (Å²) in [5.41, 5.74) is 13.0. The van der Waals surface area contributed by atoms with Crippen LogP contribution in [0.1, 0.15) is 34.8 Å². The number of aliphatic imine (C=N–C) groups is 1. The van der Waals surface area contributed by atoms with Crippen molar-refractivity contribution in [2.45, 2.75) is 30.9 Å². The molecule has 0 spiro atoms. The van der Waals surface area contributed by atoms with Gasteiger partial charge in [-0.25, -0.2) is 9.38 Å². The summed E-state index contributed by atoms with van der Waals surface area (Å²) >= 11 is 0. The Morgan fingerprint density at radius 2 is 1.64 bits per heavy atom. The third-order valence-electron chi connectivity index (χ3n) is 8.54. The van der Waals surface area contributed by atoms with Crippen molar-refractivity contribution in [2.24, 2.45) is 10.1 Å². The number of aliphatic hydroxyl groups excluding tert-OH is 1. The minimum absolute atomic E-state index is 0.0334. The number of ether oxygens (including phenoxy) is 2. The Bertz CT molecular complexity index is 2000. The fourth-order valence-corrected chi connectivity index (χ4v) is 6.03. The van der Waals surface area contributed by atoms with Gasteiger partial charge in [-0.2, -0.15) is 0 Å². The summed E-state index contributed by atoms with van der Waals surface area (Å²) in [6.45, 7) is 0.635. The Labute approximate surface area is 289 Å². The molecule has 1 amide bonds. The van der Waals surface area contributed by atoms with Gasteiger partial charge in [-0.1, -0.05) is 96.1 Å². The molecule has 1 heterocycles. The first kappa shape index (κ1) is 33.9. The first-order valence-corrected chi connectivity index (χ1v) is 16.4. The third kappa shape index (κ3) is 7.84. The van der Waals surface area contributed by atoms with Crippen molar-refractivity contribution >= 4 is 17.5 Å². The lowest BCUT2D eigenvalue weighted by Gasteiger charge is -2.31. The van der Waals surface area contributed by atoms with Crippen molar-refractivity contribution in [3.05, 3.63) is 166 Å². The maximum absolute atomic E-state index is 14.6. The van der Waals surface area contributed by atoms with E-state index in [9.17, 15) is 14.7 Å². The molecule has 0 unspecified atom stereocenters. The lowest BCUT2D eigenvalue weighted by Crippen LogP contribution is -2.50. The number of rotatable bonds is 14. The lowest BCUT2D eigenvalue weighted by atomic mass is 9.81. The van der Waals surface area contributed by atoms with Crippen LogP contribution < -0.4 is 10.1 Å². The second-order valence-corrected chi connectivity index (χ2v) is 11.9. The second kappa shape index (κ2) is 16.0. The summed E-state index contributed by atoms with van der Waals surface area (Å²) in [7, 11) is 0. The minimum atomic E-state index is -1.52. The molecular formula is C40H36FN5O4. The molecule has 6 rings (SSSR count). The number of nitrogens with zero attached hydrogens (tertiary/aromatic N) is 4. The predicted octanol–water partition coefficient (Wildman–Crippen LogP) is 8.05. The van der Waals surface area contributed by atoms with Crippen LogP contribution in [0.25, 0.3) is 21.6 Å². The highest BCUT2D eigenvalue weighted by Crippen LogP contribution is 2.44. The summed E-state index contributed by atoms with van der Waals surface area (Å²) in [5.74, 6) is 0.159. The van der Waals surface area contributed by atoms with Crippen molar-refractivity contribution < 1.29 is 23.8 Å². The lowest BCUT2D eigenvalue weighted by molar-refractivity contribution is -0.128. The number of nitrogens with one attached hydrogen (secondary N) is 1. The number of hydrogen-bond acceptors (Lipinski definition) is 6. The van der Waals surface area contributed by atoms with Gasteiger partial charge in [-0.3, -0.25) is 4.79 Å². The number of halogens is 1. The van der Waals surface area contributed by atoms with Gasteiger partial charge in [0.25, 0.3) is 5.91 Å². The van der Waals surface area contributed by atoms with Gasteiger partial charge >= 0.3 is 0 Å². The fraction of sp³-hybridized carbons (Fsp3) is 0.200. The smallest absolute Gasteiger partial charge is 0.252 e. The molecule has 0 bridgehead atoms. The van der Waals surface area contributed by atoms with Crippen LogP contribution in [0.3, 0.4) is 0 Å². The molecule has 1 aliphatic heterocycles. The number of carbonyl (C=O) groups excluding carboxylic acids is 1. The molecule has 0 aromatic heterocycles. The molecule has 10 heteroatoms. The van der Waals surface area contributed by atoms with Crippen LogP contribution >= 0.6 is 0 Å².